The van der Waals surface area contributed by atoms with E-state index in [1.807, 2.05) is 11.4 Å². The van der Waals surface area contributed by atoms with Crippen LogP contribution in [0.15, 0.2) is 11.4 Å². The first-order chi connectivity index (χ1) is 12.7. The highest BCUT2D eigenvalue weighted by Gasteiger charge is 2.54. The fourth-order valence-corrected chi connectivity index (χ4v) is 6.99. The zero-order valence-electron chi connectivity index (χ0n) is 14.9. The van der Waals surface area contributed by atoms with Crippen molar-refractivity contribution in [2.45, 2.75) is 37.3 Å². The van der Waals surface area contributed by atoms with Crippen molar-refractivity contribution in [1.29, 1.82) is 0 Å². The summed E-state index contributed by atoms with van der Waals surface area (Å²) in [5, 5.41) is 4.73. The number of aryl methyl sites for hydroxylation is 1. The summed E-state index contributed by atoms with van der Waals surface area (Å²) in [5.74, 6) is -0.841. The molecule has 2 fully saturated rings. The van der Waals surface area contributed by atoms with E-state index in [0.717, 1.165) is 28.2 Å². The average Bonchev–Trinajstić information content (AvgIpc) is 3.29. The van der Waals surface area contributed by atoms with E-state index in [4.69, 9.17) is 0 Å². The summed E-state index contributed by atoms with van der Waals surface area (Å²) in [6.07, 6.45) is 2.58. The molecule has 4 rings (SSSR count). The van der Waals surface area contributed by atoms with Gasteiger partial charge >= 0.3 is 6.03 Å². The highest BCUT2D eigenvalue weighted by Crippen LogP contribution is 2.42. The van der Waals surface area contributed by atoms with E-state index in [0.29, 0.717) is 12.8 Å². The van der Waals surface area contributed by atoms with Crippen LogP contribution in [-0.2, 0) is 31.4 Å². The van der Waals surface area contributed by atoms with Crippen molar-refractivity contribution in [2.24, 2.45) is 0 Å². The second-order valence-electron chi connectivity index (χ2n) is 7.40. The highest BCUT2D eigenvalue weighted by molar-refractivity contribution is 7.91. The molecule has 4 amide bonds. The molecule has 1 aromatic rings. The molecule has 2 saturated heterocycles. The molecule has 1 spiro atoms. The van der Waals surface area contributed by atoms with Crippen LogP contribution in [0.4, 0.5) is 4.79 Å². The van der Waals surface area contributed by atoms with Crippen molar-refractivity contribution in [2.75, 3.05) is 25.1 Å². The lowest BCUT2D eigenvalue weighted by Gasteiger charge is -2.31. The zero-order chi connectivity index (χ0) is 19.4. The van der Waals surface area contributed by atoms with Gasteiger partial charge in [0.05, 0.1) is 11.5 Å². The van der Waals surface area contributed by atoms with E-state index in [-0.39, 0.29) is 18.1 Å². The molecule has 1 aliphatic carbocycles. The van der Waals surface area contributed by atoms with Gasteiger partial charge in [-0.1, -0.05) is 0 Å². The highest BCUT2D eigenvalue weighted by atomic mass is 32.2. The smallest absolute Gasteiger partial charge is 0.325 e. The van der Waals surface area contributed by atoms with Crippen LogP contribution in [0.3, 0.4) is 0 Å². The molecule has 0 unspecified atom stereocenters. The van der Waals surface area contributed by atoms with Crippen molar-refractivity contribution in [3.63, 3.8) is 0 Å². The minimum atomic E-state index is -3.12. The standard InChI is InChI=1S/C17H21N3O5S2/c1-19(11-5-8-27(24,25)10-11)14(21)9-20-15(22)17(18-16(20)23)6-2-3-13-12(17)4-7-26-13/h4,7,11H,2-3,5-6,8-10H2,1H3,(H,18,23)/t11-,17-/m1/s1. The summed E-state index contributed by atoms with van der Waals surface area (Å²) >= 11 is 1.57. The van der Waals surface area contributed by atoms with Crippen molar-refractivity contribution in [3.8, 4) is 0 Å². The van der Waals surface area contributed by atoms with Gasteiger partial charge in [-0.3, -0.25) is 14.5 Å². The Morgan fingerprint density at radius 2 is 2.22 bits per heavy atom. The molecule has 3 aliphatic rings. The van der Waals surface area contributed by atoms with Crippen LogP contribution in [0.25, 0.3) is 0 Å². The maximum Gasteiger partial charge on any atom is 0.325 e. The number of amides is 4. The molecule has 1 aromatic heterocycles. The van der Waals surface area contributed by atoms with Crippen molar-refractivity contribution in [3.05, 3.63) is 21.9 Å². The number of fused-ring (bicyclic) bond motifs is 2. The fourth-order valence-electron chi connectivity index (χ4n) is 4.22. The summed E-state index contributed by atoms with van der Waals surface area (Å²) in [6.45, 7) is -0.376. The molecule has 146 valence electrons. The van der Waals surface area contributed by atoms with Crippen molar-refractivity contribution < 1.29 is 22.8 Å². The number of hydrogen-bond donors (Lipinski definition) is 1. The number of rotatable bonds is 3. The topological polar surface area (TPSA) is 104 Å². The van der Waals surface area contributed by atoms with Gasteiger partial charge in [-0.25, -0.2) is 13.2 Å². The molecule has 0 saturated carbocycles. The minimum Gasteiger partial charge on any atom is -0.340 e. The van der Waals surface area contributed by atoms with Gasteiger partial charge in [0.25, 0.3) is 5.91 Å². The lowest BCUT2D eigenvalue weighted by Crippen LogP contribution is -2.48. The van der Waals surface area contributed by atoms with Gasteiger partial charge in [-0.2, -0.15) is 0 Å². The molecule has 1 N–H and O–H groups in total. The number of sulfone groups is 1. The number of carbonyl (C=O) groups is 3. The van der Waals surface area contributed by atoms with Crippen LogP contribution in [-0.4, -0.2) is 67.2 Å². The Labute approximate surface area is 161 Å². The third kappa shape index (κ3) is 2.94. The van der Waals surface area contributed by atoms with Crippen molar-refractivity contribution >= 4 is 39.0 Å². The van der Waals surface area contributed by atoms with Crippen LogP contribution in [0, 0.1) is 0 Å². The lowest BCUT2D eigenvalue weighted by atomic mass is 9.80. The van der Waals surface area contributed by atoms with Crippen LogP contribution < -0.4 is 5.32 Å². The first-order valence-electron chi connectivity index (χ1n) is 8.90. The first-order valence-corrected chi connectivity index (χ1v) is 11.6. The van der Waals surface area contributed by atoms with Gasteiger partial charge in [0.1, 0.15) is 12.1 Å². The number of likely N-dealkylation sites (N-methyl/N-ethyl adjacent to an activating group) is 1. The van der Waals surface area contributed by atoms with Crippen LogP contribution in [0.2, 0.25) is 0 Å². The Hall–Kier alpha value is -1.94. The molecule has 0 radical (unpaired) electrons. The van der Waals surface area contributed by atoms with Gasteiger partial charge in [-0.15, -0.1) is 11.3 Å². The van der Waals surface area contributed by atoms with Gasteiger partial charge < -0.3 is 10.2 Å². The molecule has 0 bridgehead atoms. The summed E-state index contributed by atoms with van der Waals surface area (Å²) in [6, 6.07) is 0.897. The molecule has 2 atom stereocenters. The molecule has 10 heteroatoms. The van der Waals surface area contributed by atoms with E-state index in [1.54, 1.807) is 11.3 Å². The second kappa shape index (κ2) is 6.30. The number of hydrogen-bond acceptors (Lipinski definition) is 6. The molecule has 8 nitrogen and oxygen atoms in total. The van der Waals surface area contributed by atoms with E-state index in [9.17, 15) is 22.8 Å². The third-order valence-corrected chi connectivity index (χ3v) is 8.51. The molecular formula is C17H21N3O5S2. The number of carbonyl (C=O) groups excluding carboxylic acids is 3. The molecular weight excluding hydrogens is 390 g/mol. The Morgan fingerprint density at radius 1 is 1.44 bits per heavy atom. The first kappa shape index (κ1) is 18.4. The van der Waals surface area contributed by atoms with E-state index in [2.05, 4.69) is 5.32 Å². The monoisotopic (exact) mass is 411 g/mol. The van der Waals surface area contributed by atoms with Crippen molar-refractivity contribution in [1.82, 2.24) is 15.1 Å². The van der Waals surface area contributed by atoms with E-state index < -0.39 is 39.3 Å². The molecule has 27 heavy (non-hydrogen) atoms. The number of nitrogens with one attached hydrogen (secondary N) is 1. The summed E-state index contributed by atoms with van der Waals surface area (Å²) in [5.41, 5.74) is -0.234. The number of thiophene rings is 1. The average molecular weight is 412 g/mol. The normalized spacial score (nSPS) is 29.1. The van der Waals surface area contributed by atoms with Gasteiger partial charge in [-0.05, 0) is 37.1 Å². The second-order valence-corrected chi connectivity index (χ2v) is 10.6. The molecule has 2 aliphatic heterocycles. The molecule has 0 aromatic carbocycles. The summed E-state index contributed by atoms with van der Waals surface area (Å²) < 4.78 is 23.3. The number of nitrogens with zero attached hydrogens (tertiary/aromatic N) is 2. The Kier molecular flexibility index (Phi) is 4.30. The SMILES string of the molecule is CN(C(=O)CN1C(=O)N[C@@]2(CCCc3sccc32)C1=O)[C@@H]1CCS(=O)(=O)C1. The van der Waals surface area contributed by atoms with E-state index >= 15 is 0 Å². The quantitative estimate of drug-likeness (QED) is 0.729. The van der Waals surface area contributed by atoms with E-state index in [1.165, 1.54) is 11.9 Å². The molecule has 3 heterocycles. The van der Waals surface area contributed by atoms with Gasteiger partial charge in [0.15, 0.2) is 9.84 Å². The van der Waals surface area contributed by atoms with Gasteiger partial charge in [0.2, 0.25) is 5.91 Å². The summed E-state index contributed by atoms with van der Waals surface area (Å²) in [7, 11) is -1.60. The number of imide groups is 1. The Morgan fingerprint density at radius 3 is 2.93 bits per heavy atom. The fraction of sp³-hybridized carbons (Fsp3) is 0.588. The maximum absolute atomic E-state index is 13.1. The zero-order valence-corrected chi connectivity index (χ0v) is 16.6. The minimum absolute atomic E-state index is 0.0580. The third-order valence-electron chi connectivity index (χ3n) is 5.78. The predicted molar refractivity (Wildman–Crippen MR) is 99.0 cm³/mol. The summed E-state index contributed by atoms with van der Waals surface area (Å²) in [4.78, 5) is 41.6. The predicted octanol–water partition coefficient (Wildman–Crippen LogP) is 0.477. The Balaban J connectivity index is 1.52. The maximum atomic E-state index is 13.1. The largest absolute Gasteiger partial charge is 0.340 e. The van der Waals surface area contributed by atoms with Crippen LogP contribution in [0.5, 0.6) is 0 Å². The van der Waals surface area contributed by atoms with Crippen LogP contribution in [0.1, 0.15) is 29.7 Å². The van der Waals surface area contributed by atoms with Gasteiger partial charge in [0, 0.05) is 23.5 Å². The lowest BCUT2D eigenvalue weighted by molar-refractivity contribution is -0.139. The Bertz CT molecular complexity index is 925. The van der Waals surface area contributed by atoms with Crippen LogP contribution >= 0.6 is 11.3 Å². The number of urea groups is 1.